The first-order chi connectivity index (χ1) is 7.86. The van der Waals surface area contributed by atoms with E-state index in [9.17, 15) is 0 Å². The van der Waals surface area contributed by atoms with Crippen molar-refractivity contribution in [3.05, 3.63) is 35.9 Å². The van der Waals surface area contributed by atoms with Gasteiger partial charge in [-0.15, -0.1) is 0 Å². The van der Waals surface area contributed by atoms with Gasteiger partial charge in [0.2, 0.25) is 0 Å². The topological polar surface area (TPSA) is 27.3 Å². The van der Waals surface area contributed by atoms with E-state index in [4.69, 9.17) is 12.2 Å². The Morgan fingerprint density at radius 2 is 1.94 bits per heavy atom. The fourth-order valence-corrected chi connectivity index (χ4v) is 2.01. The maximum Gasteiger partial charge on any atom is 0.169 e. The average Bonchev–Trinajstić information content (AvgIpc) is 2.38. The second kappa shape index (κ2) is 5.82. The molecule has 2 N–H and O–H groups in total. The van der Waals surface area contributed by atoms with E-state index in [2.05, 4.69) is 27.7 Å². The summed E-state index contributed by atoms with van der Waals surface area (Å²) in [7, 11) is 0. The lowest BCUT2D eigenvalue weighted by molar-refractivity contribution is 0.352. The first kappa shape index (κ1) is 11.4. The van der Waals surface area contributed by atoms with Gasteiger partial charge in [0.05, 0.1) is 0 Å². The summed E-state index contributed by atoms with van der Waals surface area (Å²) in [5, 5.41) is 7.48. The lowest BCUT2D eigenvalue weighted by Crippen LogP contribution is -2.49. The summed E-state index contributed by atoms with van der Waals surface area (Å²) in [5.41, 5.74) is 1.26. The van der Waals surface area contributed by atoms with E-state index in [0.717, 1.165) is 37.8 Å². The molecule has 1 heterocycles. The van der Waals surface area contributed by atoms with Crippen LogP contribution in [-0.2, 0) is 6.54 Å². The van der Waals surface area contributed by atoms with Gasteiger partial charge < -0.3 is 15.5 Å². The van der Waals surface area contributed by atoms with Gasteiger partial charge in [0.15, 0.2) is 5.11 Å². The molecule has 2 rings (SSSR count). The van der Waals surface area contributed by atoms with E-state index in [-0.39, 0.29) is 0 Å². The molecule has 0 radical (unpaired) electrons. The SMILES string of the molecule is S=C(NCc1ccccc1)N1CCNCC1. The number of hydrogen-bond donors (Lipinski definition) is 2. The van der Waals surface area contributed by atoms with E-state index in [1.807, 2.05) is 18.2 Å². The number of benzene rings is 1. The predicted octanol–water partition coefficient (Wildman–Crippen LogP) is 0.966. The normalized spacial score (nSPS) is 15.9. The fraction of sp³-hybridized carbons (Fsp3) is 0.417. The van der Waals surface area contributed by atoms with Crippen molar-refractivity contribution in [3.63, 3.8) is 0 Å². The van der Waals surface area contributed by atoms with Crippen molar-refractivity contribution < 1.29 is 0 Å². The van der Waals surface area contributed by atoms with E-state index >= 15 is 0 Å². The van der Waals surface area contributed by atoms with Crippen molar-refractivity contribution in [2.75, 3.05) is 26.2 Å². The molecule has 1 aliphatic rings. The molecule has 0 amide bonds. The van der Waals surface area contributed by atoms with Crippen LogP contribution in [0.3, 0.4) is 0 Å². The van der Waals surface area contributed by atoms with Crippen LogP contribution >= 0.6 is 12.2 Å². The van der Waals surface area contributed by atoms with Crippen molar-refractivity contribution in [2.45, 2.75) is 6.54 Å². The van der Waals surface area contributed by atoms with Crippen LogP contribution in [-0.4, -0.2) is 36.2 Å². The molecule has 4 heteroatoms. The van der Waals surface area contributed by atoms with Gasteiger partial charge in [-0.2, -0.15) is 0 Å². The molecular weight excluding hydrogens is 218 g/mol. The molecule has 0 unspecified atom stereocenters. The Labute approximate surface area is 102 Å². The number of nitrogens with one attached hydrogen (secondary N) is 2. The third kappa shape index (κ3) is 3.18. The second-order valence-corrected chi connectivity index (χ2v) is 4.27. The van der Waals surface area contributed by atoms with E-state index < -0.39 is 0 Å². The highest BCUT2D eigenvalue weighted by Gasteiger charge is 2.11. The van der Waals surface area contributed by atoms with Crippen LogP contribution in [0.5, 0.6) is 0 Å². The maximum absolute atomic E-state index is 5.36. The van der Waals surface area contributed by atoms with Gasteiger partial charge in [0.25, 0.3) is 0 Å². The zero-order valence-corrected chi connectivity index (χ0v) is 10.1. The summed E-state index contributed by atoms with van der Waals surface area (Å²) >= 11 is 5.36. The molecule has 1 fully saturated rings. The number of rotatable bonds is 2. The molecule has 16 heavy (non-hydrogen) atoms. The molecule has 0 atom stereocenters. The summed E-state index contributed by atoms with van der Waals surface area (Å²) in [5.74, 6) is 0. The van der Waals surface area contributed by atoms with Crippen LogP contribution in [0.15, 0.2) is 30.3 Å². The van der Waals surface area contributed by atoms with Crippen LogP contribution in [0.2, 0.25) is 0 Å². The zero-order chi connectivity index (χ0) is 11.2. The Balaban J connectivity index is 1.79. The van der Waals surface area contributed by atoms with Crippen LogP contribution in [0.4, 0.5) is 0 Å². The number of nitrogens with zero attached hydrogens (tertiary/aromatic N) is 1. The first-order valence-electron chi connectivity index (χ1n) is 5.64. The van der Waals surface area contributed by atoms with Gasteiger partial charge in [0.1, 0.15) is 0 Å². The Kier molecular flexibility index (Phi) is 4.13. The Morgan fingerprint density at radius 1 is 1.25 bits per heavy atom. The summed E-state index contributed by atoms with van der Waals surface area (Å²) in [6, 6.07) is 10.3. The molecule has 0 aromatic heterocycles. The molecule has 1 aromatic carbocycles. The molecule has 1 aromatic rings. The van der Waals surface area contributed by atoms with Gasteiger partial charge in [-0.05, 0) is 17.8 Å². The van der Waals surface area contributed by atoms with Gasteiger partial charge in [-0.25, -0.2) is 0 Å². The Hall–Kier alpha value is -1.13. The predicted molar refractivity (Wildman–Crippen MR) is 70.3 cm³/mol. The summed E-state index contributed by atoms with van der Waals surface area (Å²) in [4.78, 5) is 2.22. The minimum atomic E-state index is 0.809. The quantitative estimate of drug-likeness (QED) is 0.747. The van der Waals surface area contributed by atoms with Gasteiger partial charge in [-0.3, -0.25) is 0 Å². The maximum atomic E-state index is 5.36. The summed E-state index contributed by atoms with van der Waals surface area (Å²) < 4.78 is 0. The molecule has 1 aliphatic heterocycles. The molecule has 3 nitrogen and oxygen atoms in total. The smallest absolute Gasteiger partial charge is 0.169 e. The molecular formula is C12H17N3S. The fourth-order valence-electron chi connectivity index (χ4n) is 1.75. The first-order valence-corrected chi connectivity index (χ1v) is 6.04. The van der Waals surface area contributed by atoms with Gasteiger partial charge >= 0.3 is 0 Å². The van der Waals surface area contributed by atoms with Crippen molar-refractivity contribution in [1.82, 2.24) is 15.5 Å². The molecule has 0 saturated carbocycles. The van der Waals surface area contributed by atoms with Gasteiger partial charge in [0, 0.05) is 32.7 Å². The standard InChI is InChI=1S/C12H17N3S/c16-12(15-8-6-13-7-9-15)14-10-11-4-2-1-3-5-11/h1-5,13H,6-10H2,(H,14,16). The largest absolute Gasteiger partial charge is 0.358 e. The zero-order valence-electron chi connectivity index (χ0n) is 9.28. The monoisotopic (exact) mass is 235 g/mol. The highest BCUT2D eigenvalue weighted by atomic mass is 32.1. The van der Waals surface area contributed by atoms with Crippen LogP contribution in [0.25, 0.3) is 0 Å². The van der Waals surface area contributed by atoms with Gasteiger partial charge in [-0.1, -0.05) is 30.3 Å². The Bertz CT molecular complexity index is 333. The van der Waals surface area contributed by atoms with E-state index in [1.165, 1.54) is 5.56 Å². The molecule has 0 aliphatic carbocycles. The average molecular weight is 235 g/mol. The van der Waals surface area contributed by atoms with Crippen LogP contribution in [0.1, 0.15) is 5.56 Å². The highest BCUT2D eigenvalue weighted by Crippen LogP contribution is 1.99. The second-order valence-electron chi connectivity index (χ2n) is 3.88. The number of thiocarbonyl (C=S) groups is 1. The third-order valence-corrected chi connectivity index (χ3v) is 3.09. The Morgan fingerprint density at radius 3 is 2.62 bits per heavy atom. The summed E-state index contributed by atoms with van der Waals surface area (Å²) in [6.07, 6.45) is 0. The minimum Gasteiger partial charge on any atom is -0.358 e. The number of hydrogen-bond acceptors (Lipinski definition) is 2. The molecule has 86 valence electrons. The highest BCUT2D eigenvalue weighted by molar-refractivity contribution is 7.80. The van der Waals surface area contributed by atoms with E-state index in [0.29, 0.717) is 0 Å². The van der Waals surface area contributed by atoms with Crippen molar-refractivity contribution in [1.29, 1.82) is 0 Å². The molecule has 0 spiro atoms. The van der Waals surface area contributed by atoms with Crippen molar-refractivity contribution >= 4 is 17.3 Å². The van der Waals surface area contributed by atoms with Crippen molar-refractivity contribution in [3.8, 4) is 0 Å². The molecule has 0 bridgehead atoms. The summed E-state index contributed by atoms with van der Waals surface area (Å²) in [6.45, 7) is 4.85. The minimum absolute atomic E-state index is 0.809. The third-order valence-electron chi connectivity index (χ3n) is 2.69. The lowest BCUT2D eigenvalue weighted by atomic mass is 10.2. The van der Waals surface area contributed by atoms with Crippen LogP contribution < -0.4 is 10.6 Å². The molecule has 1 saturated heterocycles. The number of piperazine rings is 1. The van der Waals surface area contributed by atoms with E-state index in [1.54, 1.807) is 0 Å². The van der Waals surface area contributed by atoms with Crippen LogP contribution in [0, 0.1) is 0 Å². The lowest BCUT2D eigenvalue weighted by Gasteiger charge is -2.29. The van der Waals surface area contributed by atoms with Crippen molar-refractivity contribution in [2.24, 2.45) is 0 Å².